The summed E-state index contributed by atoms with van der Waals surface area (Å²) in [6.07, 6.45) is 1.25. The van der Waals surface area contributed by atoms with E-state index in [2.05, 4.69) is 0 Å². The lowest BCUT2D eigenvalue weighted by atomic mass is 9.93. The molecule has 2 aliphatic heterocycles. The van der Waals surface area contributed by atoms with E-state index in [0.29, 0.717) is 39.0 Å². The minimum absolute atomic E-state index is 0.0777. The monoisotopic (exact) mass is 291 g/mol. The number of ether oxygens (including phenoxy) is 2. The molecule has 21 heavy (non-hydrogen) atoms. The molecule has 1 aromatic carbocycles. The van der Waals surface area contributed by atoms with Gasteiger partial charge in [-0.1, -0.05) is 18.2 Å². The highest BCUT2D eigenvalue weighted by Crippen LogP contribution is 2.29. The van der Waals surface area contributed by atoms with Gasteiger partial charge in [-0.2, -0.15) is 0 Å². The largest absolute Gasteiger partial charge is 0.480 e. The molecule has 5 nitrogen and oxygen atoms in total. The van der Waals surface area contributed by atoms with E-state index in [0.717, 1.165) is 11.3 Å². The molecule has 5 heteroatoms. The van der Waals surface area contributed by atoms with Crippen molar-refractivity contribution in [2.45, 2.75) is 31.0 Å². The Balaban J connectivity index is 1.61. The Kier molecular flexibility index (Phi) is 3.87. The summed E-state index contributed by atoms with van der Waals surface area (Å²) < 4.78 is 11.0. The van der Waals surface area contributed by atoms with Crippen molar-refractivity contribution in [2.75, 3.05) is 26.8 Å². The number of aliphatic hydroxyl groups is 1. The molecule has 1 fully saturated rings. The van der Waals surface area contributed by atoms with E-state index < -0.39 is 11.7 Å². The third-order valence-electron chi connectivity index (χ3n) is 4.25. The molecule has 0 spiro atoms. The molecule has 114 valence electrons. The lowest BCUT2D eigenvalue weighted by molar-refractivity contribution is -0.143. The molecule has 1 atom stereocenters. The SMILES string of the molecule is CN(CC1(O)CCOCC1)C(=O)C1Cc2ccccc2O1. The fraction of sp³-hybridized carbons (Fsp3) is 0.562. The maximum Gasteiger partial charge on any atom is 0.263 e. The van der Waals surface area contributed by atoms with Crippen molar-refractivity contribution >= 4 is 5.91 Å². The van der Waals surface area contributed by atoms with E-state index in [1.54, 1.807) is 11.9 Å². The maximum atomic E-state index is 12.5. The summed E-state index contributed by atoms with van der Waals surface area (Å²) in [5, 5.41) is 10.5. The van der Waals surface area contributed by atoms with Crippen LogP contribution in [0.1, 0.15) is 18.4 Å². The van der Waals surface area contributed by atoms with Crippen LogP contribution in [0.3, 0.4) is 0 Å². The van der Waals surface area contributed by atoms with Crippen LogP contribution in [0.15, 0.2) is 24.3 Å². The number of fused-ring (bicyclic) bond motifs is 1. The number of carbonyl (C=O) groups is 1. The lowest BCUT2D eigenvalue weighted by Crippen LogP contribution is -2.50. The van der Waals surface area contributed by atoms with Crippen LogP contribution in [-0.2, 0) is 16.0 Å². The molecule has 3 rings (SSSR count). The average molecular weight is 291 g/mol. The third-order valence-corrected chi connectivity index (χ3v) is 4.25. The van der Waals surface area contributed by atoms with Crippen molar-refractivity contribution < 1.29 is 19.4 Å². The molecule has 0 aliphatic carbocycles. The Labute approximate surface area is 124 Å². The van der Waals surface area contributed by atoms with Crippen molar-refractivity contribution in [3.8, 4) is 5.75 Å². The van der Waals surface area contributed by atoms with Gasteiger partial charge >= 0.3 is 0 Å². The van der Waals surface area contributed by atoms with Crippen LogP contribution in [0, 0.1) is 0 Å². The minimum Gasteiger partial charge on any atom is -0.480 e. The highest BCUT2D eigenvalue weighted by molar-refractivity contribution is 5.82. The van der Waals surface area contributed by atoms with Crippen LogP contribution < -0.4 is 4.74 Å². The Hall–Kier alpha value is -1.59. The number of para-hydroxylation sites is 1. The second-order valence-corrected chi connectivity index (χ2v) is 5.95. The fourth-order valence-electron chi connectivity index (χ4n) is 2.99. The van der Waals surface area contributed by atoms with Crippen LogP contribution in [0.25, 0.3) is 0 Å². The molecular weight excluding hydrogens is 270 g/mol. The molecule has 1 N–H and O–H groups in total. The van der Waals surface area contributed by atoms with Crippen molar-refractivity contribution in [3.05, 3.63) is 29.8 Å². The highest BCUT2D eigenvalue weighted by Gasteiger charge is 2.36. The summed E-state index contributed by atoms with van der Waals surface area (Å²) in [5.41, 5.74) is 0.225. The van der Waals surface area contributed by atoms with Gasteiger partial charge in [-0.05, 0) is 11.6 Å². The molecule has 0 saturated carbocycles. The molecule has 1 amide bonds. The number of nitrogens with zero attached hydrogens (tertiary/aromatic N) is 1. The summed E-state index contributed by atoms with van der Waals surface area (Å²) in [7, 11) is 1.72. The van der Waals surface area contributed by atoms with E-state index in [1.165, 1.54) is 0 Å². The average Bonchev–Trinajstić information content (AvgIpc) is 2.90. The van der Waals surface area contributed by atoms with E-state index >= 15 is 0 Å². The summed E-state index contributed by atoms with van der Waals surface area (Å²) in [4.78, 5) is 14.1. The molecule has 2 heterocycles. The highest BCUT2D eigenvalue weighted by atomic mass is 16.5. The smallest absolute Gasteiger partial charge is 0.263 e. The van der Waals surface area contributed by atoms with Crippen molar-refractivity contribution in [2.24, 2.45) is 0 Å². The summed E-state index contributed by atoms with van der Waals surface area (Å²) in [6, 6.07) is 7.72. The number of hydrogen-bond acceptors (Lipinski definition) is 4. The predicted molar refractivity (Wildman–Crippen MR) is 77.2 cm³/mol. The zero-order valence-corrected chi connectivity index (χ0v) is 12.2. The third kappa shape index (κ3) is 3.04. The summed E-state index contributed by atoms with van der Waals surface area (Å²) in [6.45, 7) is 1.42. The normalized spacial score (nSPS) is 23.2. The molecule has 1 unspecified atom stereocenters. The number of amides is 1. The summed E-state index contributed by atoms with van der Waals surface area (Å²) in [5.74, 6) is 0.708. The Morgan fingerprint density at radius 2 is 2.10 bits per heavy atom. The van der Waals surface area contributed by atoms with Crippen LogP contribution in [0.5, 0.6) is 5.75 Å². The number of hydrogen-bond donors (Lipinski definition) is 1. The first kappa shape index (κ1) is 14.4. The van der Waals surface area contributed by atoms with Gasteiger partial charge in [0, 0.05) is 46.1 Å². The molecule has 2 aliphatic rings. The van der Waals surface area contributed by atoms with Gasteiger partial charge < -0.3 is 19.5 Å². The van der Waals surface area contributed by atoms with Crippen LogP contribution in [0.2, 0.25) is 0 Å². The van der Waals surface area contributed by atoms with Crippen molar-refractivity contribution in [1.29, 1.82) is 0 Å². The lowest BCUT2D eigenvalue weighted by Gasteiger charge is -2.35. The van der Waals surface area contributed by atoms with Gasteiger partial charge in [-0.15, -0.1) is 0 Å². The molecule has 0 bridgehead atoms. The van der Waals surface area contributed by atoms with Gasteiger partial charge in [0.25, 0.3) is 5.91 Å². The Morgan fingerprint density at radius 3 is 2.81 bits per heavy atom. The minimum atomic E-state index is -0.839. The first-order valence-electron chi connectivity index (χ1n) is 7.37. The Morgan fingerprint density at radius 1 is 1.38 bits per heavy atom. The van der Waals surface area contributed by atoms with E-state index in [9.17, 15) is 9.90 Å². The molecule has 1 saturated heterocycles. The first-order chi connectivity index (χ1) is 10.1. The van der Waals surface area contributed by atoms with Gasteiger partial charge in [0.1, 0.15) is 5.75 Å². The van der Waals surface area contributed by atoms with Gasteiger partial charge in [0.2, 0.25) is 0 Å². The van der Waals surface area contributed by atoms with Crippen LogP contribution in [0.4, 0.5) is 0 Å². The van der Waals surface area contributed by atoms with Gasteiger partial charge in [-0.3, -0.25) is 4.79 Å². The maximum absolute atomic E-state index is 12.5. The van der Waals surface area contributed by atoms with E-state index in [1.807, 2.05) is 24.3 Å². The topological polar surface area (TPSA) is 59.0 Å². The second kappa shape index (κ2) is 5.66. The second-order valence-electron chi connectivity index (χ2n) is 5.95. The molecular formula is C16H21NO4. The first-order valence-corrected chi connectivity index (χ1v) is 7.37. The standard InChI is InChI=1S/C16H21NO4/c1-17(11-16(19)6-8-20-9-7-16)15(18)14-10-12-4-2-3-5-13(12)21-14/h2-5,14,19H,6-11H2,1H3. The van der Waals surface area contributed by atoms with Gasteiger partial charge in [0.05, 0.1) is 5.60 Å². The van der Waals surface area contributed by atoms with Crippen molar-refractivity contribution in [3.63, 3.8) is 0 Å². The molecule has 1 aromatic rings. The fourth-order valence-corrected chi connectivity index (χ4v) is 2.99. The number of benzene rings is 1. The zero-order chi connectivity index (χ0) is 14.9. The van der Waals surface area contributed by atoms with Crippen LogP contribution >= 0.6 is 0 Å². The summed E-state index contributed by atoms with van der Waals surface area (Å²) >= 11 is 0. The Bertz CT molecular complexity index is 500. The van der Waals surface area contributed by atoms with E-state index in [4.69, 9.17) is 9.47 Å². The molecule has 0 aromatic heterocycles. The van der Waals surface area contributed by atoms with E-state index in [-0.39, 0.29) is 5.91 Å². The number of likely N-dealkylation sites (N-methyl/N-ethyl adjacent to an activating group) is 1. The molecule has 0 radical (unpaired) electrons. The van der Waals surface area contributed by atoms with Gasteiger partial charge in [-0.25, -0.2) is 0 Å². The quantitative estimate of drug-likeness (QED) is 0.902. The van der Waals surface area contributed by atoms with Crippen LogP contribution in [-0.4, -0.2) is 54.4 Å². The number of rotatable bonds is 3. The van der Waals surface area contributed by atoms with Crippen molar-refractivity contribution in [1.82, 2.24) is 4.90 Å². The van der Waals surface area contributed by atoms with Gasteiger partial charge in [0.15, 0.2) is 6.10 Å². The zero-order valence-electron chi connectivity index (χ0n) is 12.2. The predicted octanol–water partition coefficient (Wildman–Crippen LogP) is 0.990. The number of carbonyl (C=O) groups excluding carboxylic acids is 1.